The van der Waals surface area contributed by atoms with Gasteiger partial charge in [0.25, 0.3) is 5.69 Å². The molecule has 1 rings (SSSR count). The first-order chi connectivity index (χ1) is 7.99. The van der Waals surface area contributed by atoms with E-state index in [2.05, 4.69) is 4.74 Å². The van der Waals surface area contributed by atoms with E-state index in [1.807, 2.05) is 0 Å². The summed E-state index contributed by atoms with van der Waals surface area (Å²) in [5.41, 5.74) is 11.3. The summed E-state index contributed by atoms with van der Waals surface area (Å²) in [4.78, 5) is 20.3. The van der Waals surface area contributed by atoms with Crippen LogP contribution in [-0.2, 0) is 11.2 Å². The van der Waals surface area contributed by atoms with E-state index >= 15 is 0 Å². The van der Waals surface area contributed by atoms with E-state index in [1.165, 1.54) is 12.1 Å². The first-order valence-electron chi connectivity index (χ1n) is 4.90. The van der Waals surface area contributed by atoms with Gasteiger partial charge in [-0.05, 0) is 12.0 Å². The summed E-state index contributed by atoms with van der Waals surface area (Å²) >= 11 is 0. The molecule has 0 bridgehead atoms. The van der Waals surface area contributed by atoms with E-state index in [9.17, 15) is 14.9 Å². The van der Waals surface area contributed by atoms with Crippen molar-refractivity contribution in [3.05, 3.63) is 39.9 Å². The lowest BCUT2D eigenvalue weighted by Gasteiger charge is -2.10. The monoisotopic (exact) mass is 275 g/mol. The van der Waals surface area contributed by atoms with Crippen LogP contribution in [0.4, 0.5) is 10.5 Å². The summed E-state index contributed by atoms with van der Waals surface area (Å²) in [7, 11) is 0. The van der Waals surface area contributed by atoms with Gasteiger partial charge in [0, 0.05) is 18.2 Å². The Kier molecular flexibility index (Phi) is 6.69. The molecule has 0 heterocycles. The molecule has 8 heteroatoms. The molecule has 0 aliphatic carbocycles. The number of halogens is 1. The van der Waals surface area contributed by atoms with Crippen molar-refractivity contribution >= 4 is 24.2 Å². The predicted octanol–water partition coefficient (Wildman–Crippen LogP) is 0.982. The average molecular weight is 276 g/mol. The van der Waals surface area contributed by atoms with Gasteiger partial charge in [-0.1, -0.05) is 12.1 Å². The van der Waals surface area contributed by atoms with E-state index in [-0.39, 0.29) is 30.7 Å². The molecule has 0 aliphatic heterocycles. The number of carbonyl (C=O) groups excluding carboxylic acids is 1. The fourth-order valence-corrected chi connectivity index (χ4v) is 1.30. The Bertz CT molecular complexity index is 410. The smallest absolute Gasteiger partial charge is 0.404 e. The molecule has 0 aromatic heterocycles. The van der Waals surface area contributed by atoms with Gasteiger partial charge in [0.2, 0.25) is 0 Å². The van der Waals surface area contributed by atoms with Gasteiger partial charge in [-0.25, -0.2) is 4.79 Å². The second-order valence-electron chi connectivity index (χ2n) is 3.52. The minimum Gasteiger partial charge on any atom is -0.448 e. The van der Waals surface area contributed by atoms with Crippen molar-refractivity contribution in [3.8, 4) is 0 Å². The highest BCUT2D eigenvalue weighted by Crippen LogP contribution is 2.12. The second-order valence-corrected chi connectivity index (χ2v) is 3.52. The molecular formula is C10H14ClN3O4. The Morgan fingerprint density at radius 2 is 1.94 bits per heavy atom. The van der Waals surface area contributed by atoms with Gasteiger partial charge in [-0.15, -0.1) is 12.4 Å². The number of hydrogen-bond donors (Lipinski definition) is 2. The highest BCUT2D eigenvalue weighted by atomic mass is 35.5. The predicted molar refractivity (Wildman–Crippen MR) is 67.6 cm³/mol. The number of carbonyl (C=O) groups is 1. The number of non-ortho nitro benzene ring substituents is 1. The molecule has 1 aromatic carbocycles. The summed E-state index contributed by atoms with van der Waals surface area (Å²) in [5.74, 6) is 0. The molecule has 1 aromatic rings. The lowest BCUT2D eigenvalue weighted by Crippen LogP contribution is -2.31. The Morgan fingerprint density at radius 3 is 2.39 bits per heavy atom. The zero-order valence-electron chi connectivity index (χ0n) is 9.44. The van der Waals surface area contributed by atoms with Crippen molar-refractivity contribution in [1.82, 2.24) is 0 Å². The molecular weight excluding hydrogens is 262 g/mol. The Hall–Kier alpha value is -1.86. The van der Waals surface area contributed by atoms with E-state index in [0.29, 0.717) is 6.42 Å². The highest BCUT2D eigenvalue weighted by Gasteiger charge is 2.08. The molecule has 4 N–H and O–H groups in total. The van der Waals surface area contributed by atoms with Crippen LogP contribution in [-0.4, -0.2) is 23.7 Å². The summed E-state index contributed by atoms with van der Waals surface area (Å²) in [6.45, 7) is 0.0202. The van der Waals surface area contributed by atoms with Gasteiger partial charge in [0.05, 0.1) is 4.92 Å². The Morgan fingerprint density at radius 1 is 1.39 bits per heavy atom. The van der Waals surface area contributed by atoms with Crippen LogP contribution in [0.2, 0.25) is 0 Å². The first-order valence-corrected chi connectivity index (χ1v) is 4.90. The van der Waals surface area contributed by atoms with Crippen LogP contribution in [0.15, 0.2) is 24.3 Å². The fraction of sp³-hybridized carbons (Fsp3) is 0.300. The number of amides is 1. The number of hydrogen-bond acceptors (Lipinski definition) is 5. The van der Waals surface area contributed by atoms with Gasteiger partial charge in [0.1, 0.15) is 6.61 Å². The zero-order valence-corrected chi connectivity index (χ0v) is 10.3. The molecule has 1 atom stereocenters. The Balaban J connectivity index is 0.00000289. The van der Waals surface area contributed by atoms with Crippen LogP contribution in [0.1, 0.15) is 5.56 Å². The lowest BCUT2D eigenvalue weighted by atomic mass is 10.1. The Labute approximate surface area is 110 Å². The summed E-state index contributed by atoms with van der Waals surface area (Å²) in [6, 6.07) is 5.64. The van der Waals surface area contributed by atoms with Crippen LogP contribution < -0.4 is 11.5 Å². The maximum Gasteiger partial charge on any atom is 0.404 e. The molecule has 1 amide bonds. The molecule has 0 saturated carbocycles. The van der Waals surface area contributed by atoms with E-state index in [4.69, 9.17) is 11.5 Å². The van der Waals surface area contributed by atoms with Crippen molar-refractivity contribution < 1.29 is 14.5 Å². The topological polar surface area (TPSA) is 121 Å². The van der Waals surface area contributed by atoms with Crippen molar-refractivity contribution in [1.29, 1.82) is 0 Å². The number of nitrogens with two attached hydrogens (primary N) is 2. The van der Waals surface area contributed by atoms with Crippen LogP contribution in [0.25, 0.3) is 0 Å². The van der Waals surface area contributed by atoms with Crippen molar-refractivity contribution in [3.63, 3.8) is 0 Å². The highest BCUT2D eigenvalue weighted by molar-refractivity contribution is 5.85. The van der Waals surface area contributed by atoms with E-state index in [1.54, 1.807) is 12.1 Å². The van der Waals surface area contributed by atoms with Crippen molar-refractivity contribution in [2.45, 2.75) is 12.5 Å². The summed E-state index contributed by atoms with van der Waals surface area (Å²) in [6.07, 6.45) is -0.421. The lowest BCUT2D eigenvalue weighted by molar-refractivity contribution is -0.384. The summed E-state index contributed by atoms with van der Waals surface area (Å²) < 4.78 is 4.54. The quantitative estimate of drug-likeness (QED) is 0.613. The van der Waals surface area contributed by atoms with E-state index in [0.717, 1.165) is 5.56 Å². The number of benzene rings is 1. The summed E-state index contributed by atoms with van der Waals surface area (Å²) in [5, 5.41) is 10.4. The molecule has 18 heavy (non-hydrogen) atoms. The third-order valence-electron chi connectivity index (χ3n) is 2.08. The number of nitro groups is 1. The third kappa shape index (κ3) is 5.46. The van der Waals surface area contributed by atoms with Gasteiger partial charge in [-0.3, -0.25) is 10.1 Å². The largest absolute Gasteiger partial charge is 0.448 e. The molecule has 7 nitrogen and oxygen atoms in total. The number of rotatable bonds is 5. The first kappa shape index (κ1) is 16.1. The molecule has 0 unspecified atom stereocenters. The number of nitro benzene ring substituents is 1. The molecule has 0 radical (unpaired) electrons. The molecule has 0 fully saturated rings. The molecule has 0 saturated heterocycles. The van der Waals surface area contributed by atoms with Crippen LogP contribution in [0.3, 0.4) is 0 Å². The van der Waals surface area contributed by atoms with Gasteiger partial charge in [-0.2, -0.15) is 0 Å². The van der Waals surface area contributed by atoms with Crippen LogP contribution in [0.5, 0.6) is 0 Å². The zero-order chi connectivity index (χ0) is 12.8. The average Bonchev–Trinajstić information content (AvgIpc) is 2.27. The number of ether oxygens (including phenoxy) is 1. The SMILES string of the molecule is Cl.NC(=O)OC[C@@H](N)Cc1ccc([N+](=O)[O-])cc1. The van der Waals surface area contributed by atoms with Crippen LogP contribution in [0, 0.1) is 10.1 Å². The minimum absolute atomic E-state index is 0. The maximum absolute atomic E-state index is 10.4. The molecule has 0 aliphatic rings. The normalized spacial score (nSPS) is 11.2. The molecule has 0 spiro atoms. The number of nitrogens with zero attached hydrogens (tertiary/aromatic N) is 1. The number of primary amides is 1. The van der Waals surface area contributed by atoms with Crippen molar-refractivity contribution in [2.24, 2.45) is 11.5 Å². The standard InChI is InChI=1S/C10H13N3O4.ClH/c11-8(6-17-10(12)14)5-7-1-3-9(4-2-7)13(15)16;/h1-4,8H,5-6,11H2,(H2,12,14);1H/t8-;/m0./s1. The van der Waals surface area contributed by atoms with Gasteiger partial charge in [0.15, 0.2) is 0 Å². The fourth-order valence-electron chi connectivity index (χ4n) is 1.30. The van der Waals surface area contributed by atoms with Crippen LogP contribution >= 0.6 is 12.4 Å². The van der Waals surface area contributed by atoms with Gasteiger partial charge < -0.3 is 16.2 Å². The van der Waals surface area contributed by atoms with E-state index < -0.39 is 11.0 Å². The minimum atomic E-state index is -0.871. The maximum atomic E-state index is 10.4. The van der Waals surface area contributed by atoms with Crippen molar-refractivity contribution in [2.75, 3.05) is 6.61 Å². The molecule has 100 valence electrons. The second kappa shape index (κ2) is 7.46. The van der Waals surface area contributed by atoms with Gasteiger partial charge >= 0.3 is 6.09 Å². The third-order valence-corrected chi connectivity index (χ3v) is 2.08.